The Morgan fingerprint density at radius 2 is 2.28 bits per heavy atom. The predicted molar refractivity (Wildman–Crippen MR) is 74.4 cm³/mol. The number of aromatic nitrogens is 2. The van der Waals surface area contributed by atoms with Crippen molar-refractivity contribution in [2.75, 3.05) is 23.4 Å². The molecule has 0 spiro atoms. The van der Waals surface area contributed by atoms with Crippen LogP contribution in [-0.2, 0) is 6.42 Å². The summed E-state index contributed by atoms with van der Waals surface area (Å²) in [6.07, 6.45) is 4.65. The lowest BCUT2D eigenvalue weighted by Crippen LogP contribution is -2.36. The average molecular weight is 249 g/mol. The van der Waals surface area contributed by atoms with Crippen LogP contribution in [0.1, 0.15) is 38.9 Å². The minimum atomic E-state index is 0.704. The molecule has 1 saturated heterocycles. The van der Waals surface area contributed by atoms with Crippen LogP contribution in [0.3, 0.4) is 0 Å². The number of nitrogens with two attached hydrogens (primary N) is 1. The Morgan fingerprint density at radius 1 is 1.44 bits per heavy atom. The predicted octanol–water partition coefficient (Wildman–Crippen LogP) is 1.95. The average Bonchev–Trinajstić information content (AvgIpc) is 2.46. The number of rotatable bonds is 4. The Morgan fingerprint density at radius 3 is 2.94 bits per heavy atom. The highest BCUT2D eigenvalue weighted by atomic mass is 15.3. The Labute approximate surface area is 109 Å². The first-order valence-electron chi connectivity index (χ1n) is 6.86. The largest absolute Gasteiger partial charge is 0.356 e. The van der Waals surface area contributed by atoms with Crippen molar-refractivity contribution in [3.05, 3.63) is 11.9 Å². The van der Waals surface area contributed by atoms with Crippen LogP contribution < -0.4 is 16.2 Å². The zero-order valence-corrected chi connectivity index (χ0v) is 11.3. The van der Waals surface area contributed by atoms with Gasteiger partial charge in [0.2, 0.25) is 0 Å². The molecule has 100 valence electrons. The van der Waals surface area contributed by atoms with E-state index in [1.165, 1.54) is 19.3 Å². The highest BCUT2D eigenvalue weighted by molar-refractivity contribution is 5.49. The molecule has 18 heavy (non-hydrogen) atoms. The summed E-state index contributed by atoms with van der Waals surface area (Å²) in [5.74, 6) is 8.81. The Kier molecular flexibility index (Phi) is 4.36. The van der Waals surface area contributed by atoms with Gasteiger partial charge in [-0.3, -0.25) is 0 Å². The first-order valence-corrected chi connectivity index (χ1v) is 6.86. The van der Waals surface area contributed by atoms with Gasteiger partial charge in [-0.2, -0.15) is 0 Å². The summed E-state index contributed by atoms with van der Waals surface area (Å²) in [5, 5.41) is 0. The molecule has 5 nitrogen and oxygen atoms in total. The quantitative estimate of drug-likeness (QED) is 0.630. The van der Waals surface area contributed by atoms with Crippen LogP contribution in [0.5, 0.6) is 0 Å². The van der Waals surface area contributed by atoms with Gasteiger partial charge in [-0.25, -0.2) is 15.8 Å². The van der Waals surface area contributed by atoms with Crippen LogP contribution >= 0.6 is 0 Å². The second-order valence-electron chi connectivity index (χ2n) is 4.89. The van der Waals surface area contributed by atoms with Crippen molar-refractivity contribution < 1.29 is 0 Å². The fourth-order valence-electron chi connectivity index (χ4n) is 2.48. The molecular weight excluding hydrogens is 226 g/mol. The molecule has 0 aliphatic carbocycles. The van der Waals surface area contributed by atoms with E-state index in [9.17, 15) is 0 Å². The first-order chi connectivity index (χ1) is 8.76. The number of aryl methyl sites for hydroxylation is 1. The van der Waals surface area contributed by atoms with E-state index < -0.39 is 0 Å². The van der Waals surface area contributed by atoms with Gasteiger partial charge in [0.05, 0.1) is 0 Å². The van der Waals surface area contributed by atoms with Gasteiger partial charge in [0, 0.05) is 25.6 Å². The van der Waals surface area contributed by atoms with Crippen LogP contribution in [0, 0.1) is 5.92 Å². The molecule has 0 saturated carbocycles. The third-order valence-corrected chi connectivity index (χ3v) is 3.64. The molecule has 1 aliphatic rings. The highest BCUT2D eigenvalue weighted by Crippen LogP contribution is 2.24. The lowest BCUT2D eigenvalue weighted by Gasteiger charge is -2.33. The molecule has 1 atom stereocenters. The van der Waals surface area contributed by atoms with Crippen LogP contribution in [0.25, 0.3) is 0 Å². The van der Waals surface area contributed by atoms with Gasteiger partial charge >= 0.3 is 0 Å². The van der Waals surface area contributed by atoms with Crippen molar-refractivity contribution in [2.45, 2.75) is 39.5 Å². The third kappa shape index (κ3) is 2.90. The molecule has 0 amide bonds. The van der Waals surface area contributed by atoms with E-state index in [1.807, 2.05) is 6.07 Å². The maximum atomic E-state index is 5.47. The smallest absolute Gasteiger partial charge is 0.145 e. The van der Waals surface area contributed by atoms with Gasteiger partial charge < -0.3 is 10.3 Å². The van der Waals surface area contributed by atoms with Gasteiger partial charge in [0.15, 0.2) is 0 Å². The topological polar surface area (TPSA) is 67.1 Å². The van der Waals surface area contributed by atoms with Crippen molar-refractivity contribution in [1.29, 1.82) is 0 Å². The van der Waals surface area contributed by atoms with Gasteiger partial charge in [-0.1, -0.05) is 20.3 Å². The zero-order chi connectivity index (χ0) is 13.0. The van der Waals surface area contributed by atoms with E-state index in [0.29, 0.717) is 5.82 Å². The maximum absolute atomic E-state index is 5.47. The summed E-state index contributed by atoms with van der Waals surface area (Å²) in [7, 11) is 0. The minimum Gasteiger partial charge on any atom is -0.356 e. The van der Waals surface area contributed by atoms with Crippen molar-refractivity contribution in [1.82, 2.24) is 9.97 Å². The standard InChI is InChI=1S/C13H23N5/c1-3-10-6-5-7-18(9-10)13-8-12(17-14)15-11(4-2)16-13/h8,10H,3-7,9,14H2,1-2H3,(H,15,16,17). The molecule has 1 aromatic heterocycles. The molecule has 1 fully saturated rings. The summed E-state index contributed by atoms with van der Waals surface area (Å²) in [6.45, 7) is 6.50. The van der Waals surface area contributed by atoms with Crippen LogP contribution in [-0.4, -0.2) is 23.1 Å². The van der Waals surface area contributed by atoms with E-state index in [2.05, 4.69) is 34.1 Å². The Hall–Kier alpha value is -1.36. The van der Waals surface area contributed by atoms with Crippen molar-refractivity contribution in [3.8, 4) is 0 Å². The Balaban J connectivity index is 2.20. The minimum absolute atomic E-state index is 0.704. The number of hydrazine groups is 1. The first kappa shape index (κ1) is 13.1. The molecule has 0 bridgehead atoms. The second kappa shape index (κ2) is 6.00. The van der Waals surface area contributed by atoms with E-state index in [1.54, 1.807) is 0 Å². The van der Waals surface area contributed by atoms with E-state index in [-0.39, 0.29) is 0 Å². The van der Waals surface area contributed by atoms with Gasteiger partial charge in [0.25, 0.3) is 0 Å². The van der Waals surface area contributed by atoms with Crippen molar-refractivity contribution in [3.63, 3.8) is 0 Å². The zero-order valence-electron chi connectivity index (χ0n) is 11.3. The molecule has 5 heteroatoms. The van der Waals surface area contributed by atoms with Crippen LogP contribution in [0.2, 0.25) is 0 Å². The lowest BCUT2D eigenvalue weighted by atomic mass is 9.96. The molecule has 2 rings (SSSR count). The van der Waals surface area contributed by atoms with Crippen LogP contribution in [0.4, 0.5) is 11.6 Å². The summed E-state index contributed by atoms with van der Waals surface area (Å²) in [5.41, 5.74) is 2.63. The summed E-state index contributed by atoms with van der Waals surface area (Å²) < 4.78 is 0. The normalized spacial score (nSPS) is 19.9. The highest BCUT2D eigenvalue weighted by Gasteiger charge is 2.20. The number of nitrogens with zero attached hydrogens (tertiary/aromatic N) is 3. The summed E-state index contributed by atoms with van der Waals surface area (Å²) in [6, 6.07) is 1.94. The van der Waals surface area contributed by atoms with Crippen molar-refractivity contribution >= 4 is 11.6 Å². The van der Waals surface area contributed by atoms with Gasteiger partial charge in [-0.05, 0) is 18.8 Å². The maximum Gasteiger partial charge on any atom is 0.145 e. The molecule has 1 aromatic rings. The van der Waals surface area contributed by atoms with E-state index in [4.69, 9.17) is 5.84 Å². The molecule has 3 N–H and O–H groups in total. The third-order valence-electron chi connectivity index (χ3n) is 3.64. The van der Waals surface area contributed by atoms with E-state index >= 15 is 0 Å². The molecule has 1 aliphatic heterocycles. The second-order valence-corrected chi connectivity index (χ2v) is 4.89. The van der Waals surface area contributed by atoms with Gasteiger partial charge in [0.1, 0.15) is 17.5 Å². The number of nitrogen functional groups attached to an aromatic ring is 1. The summed E-state index contributed by atoms with van der Waals surface area (Å²) >= 11 is 0. The van der Waals surface area contributed by atoms with Crippen molar-refractivity contribution in [2.24, 2.45) is 11.8 Å². The van der Waals surface area contributed by atoms with E-state index in [0.717, 1.165) is 37.1 Å². The molecule has 0 aromatic carbocycles. The van der Waals surface area contributed by atoms with Gasteiger partial charge in [-0.15, -0.1) is 0 Å². The molecule has 1 unspecified atom stereocenters. The molecule has 2 heterocycles. The number of hydrogen-bond donors (Lipinski definition) is 2. The molecule has 0 radical (unpaired) electrons. The SMILES string of the molecule is CCc1nc(NN)cc(N2CCCC(CC)C2)n1. The molecular formula is C13H23N5. The summed E-state index contributed by atoms with van der Waals surface area (Å²) in [4.78, 5) is 11.3. The lowest BCUT2D eigenvalue weighted by molar-refractivity contribution is 0.403. The monoisotopic (exact) mass is 249 g/mol. The number of nitrogens with one attached hydrogen (secondary N) is 1. The Bertz CT molecular complexity index is 371. The van der Waals surface area contributed by atoms with Crippen LogP contribution in [0.15, 0.2) is 6.07 Å². The number of anilines is 2. The fraction of sp³-hybridized carbons (Fsp3) is 0.692. The fourth-order valence-corrected chi connectivity index (χ4v) is 2.48. The number of hydrogen-bond acceptors (Lipinski definition) is 5. The number of piperidine rings is 1.